The van der Waals surface area contributed by atoms with Crippen LogP contribution >= 0.6 is 0 Å². The van der Waals surface area contributed by atoms with Crippen LogP contribution in [0, 0.1) is 0 Å². The lowest BCUT2D eigenvalue weighted by molar-refractivity contribution is 0.0750. The van der Waals surface area contributed by atoms with Crippen molar-refractivity contribution in [2.45, 2.75) is 13.8 Å². The van der Waals surface area contributed by atoms with Crippen molar-refractivity contribution in [1.29, 1.82) is 0 Å². The molecule has 0 atom stereocenters. The maximum Gasteiger partial charge on any atom is 0.414 e. The average Bonchev–Trinajstić information content (AvgIpc) is 2.92. The first-order valence-corrected chi connectivity index (χ1v) is 12.5. The van der Waals surface area contributed by atoms with E-state index in [9.17, 15) is 9.59 Å². The van der Waals surface area contributed by atoms with Crippen molar-refractivity contribution in [3.8, 4) is 0 Å². The summed E-state index contributed by atoms with van der Waals surface area (Å²) in [5.74, 6) is 0.0395. The van der Waals surface area contributed by atoms with Crippen LogP contribution in [-0.4, -0.2) is 61.2 Å². The summed E-state index contributed by atoms with van der Waals surface area (Å²) in [6, 6.07) is 23.6. The fraction of sp³-hybridized carbons (Fsp3) is 0.276. The molecule has 0 aliphatic carbocycles. The van der Waals surface area contributed by atoms with Gasteiger partial charge in [-0.2, -0.15) is 0 Å². The van der Waals surface area contributed by atoms with E-state index in [-0.39, 0.29) is 12.0 Å². The van der Waals surface area contributed by atoms with Crippen LogP contribution in [-0.2, 0) is 4.74 Å². The van der Waals surface area contributed by atoms with Crippen molar-refractivity contribution in [3.63, 3.8) is 0 Å². The summed E-state index contributed by atoms with van der Waals surface area (Å²) in [5.41, 5.74) is 4.22. The lowest BCUT2D eigenvalue weighted by atomic mass is 10.0. The van der Waals surface area contributed by atoms with Crippen molar-refractivity contribution >= 4 is 45.2 Å². The monoisotopic (exact) mass is 482 g/mol. The van der Waals surface area contributed by atoms with E-state index in [1.54, 1.807) is 11.8 Å². The highest BCUT2D eigenvalue weighted by molar-refractivity contribution is 6.16. The van der Waals surface area contributed by atoms with E-state index in [1.807, 2.05) is 84.6 Å². The summed E-state index contributed by atoms with van der Waals surface area (Å²) in [6.07, 6.45) is -0.343. The third-order valence-electron chi connectivity index (χ3n) is 6.68. The Bertz CT molecular complexity index is 1360. The van der Waals surface area contributed by atoms with Gasteiger partial charge >= 0.3 is 6.09 Å². The van der Waals surface area contributed by atoms with Gasteiger partial charge in [0.15, 0.2) is 0 Å². The number of fused-ring (bicyclic) bond motifs is 2. The van der Waals surface area contributed by atoms with Crippen molar-refractivity contribution in [2.75, 3.05) is 49.1 Å². The molecule has 0 bridgehead atoms. The zero-order valence-corrected chi connectivity index (χ0v) is 20.7. The van der Waals surface area contributed by atoms with E-state index in [1.165, 1.54) is 0 Å². The first-order valence-electron chi connectivity index (χ1n) is 12.5. The standard InChI is InChI=1S/C29H30N4O3/c1-3-33(29(35)36-4-2)22-11-9-10-21(20-22)31-16-18-32(19-17-31)28(34)27-23-12-5-7-14-25(23)30-26-15-8-6-13-24(26)27/h5-15,20H,3-4,16-19H2,1-2H3. The summed E-state index contributed by atoms with van der Waals surface area (Å²) < 4.78 is 5.20. The summed E-state index contributed by atoms with van der Waals surface area (Å²) in [4.78, 5) is 36.7. The van der Waals surface area contributed by atoms with E-state index in [0.717, 1.165) is 38.7 Å². The number of carbonyl (C=O) groups is 2. The van der Waals surface area contributed by atoms with Crippen LogP contribution in [0.4, 0.5) is 16.2 Å². The number of nitrogens with zero attached hydrogens (tertiary/aromatic N) is 4. The number of benzene rings is 3. The number of amides is 2. The first-order chi connectivity index (χ1) is 17.6. The van der Waals surface area contributed by atoms with Gasteiger partial charge in [0, 0.05) is 54.9 Å². The fourth-order valence-electron chi connectivity index (χ4n) is 4.87. The molecule has 7 nitrogen and oxygen atoms in total. The zero-order chi connectivity index (χ0) is 25.1. The Morgan fingerprint density at radius 1 is 0.861 bits per heavy atom. The van der Waals surface area contributed by atoms with Crippen LogP contribution in [0.15, 0.2) is 72.8 Å². The van der Waals surface area contributed by atoms with Gasteiger partial charge in [0.2, 0.25) is 0 Å². The molecule has 1 saturated heterocycles. The Morgan fingerprint density at radius 2 is 1.50 bits per heavy atom. The van der Waals surface area contributed by atoms with Gasteiger partial charge in [-0.15, -0.1) is 0 Å². The molecule has 1 fully saturated rings. The molecule has 0 radical (unpaired) electrons. The molecule has 3 aromatic carbocycles. The van der Waals surface area contributed by atoms with Gasteiger partial charge in [0.05, 0.1) is 23.2 Å². The van der Waals surface area contributed by atoms with Gasteiger partial charge in [-0.3, -0.25) is 9.69 Å². The number of piperazine rings is 1. The number of hydrogen-bond acceptors (Lipinski definition) is 5. The molecule has 184 valence electrons. The minimum Gasteiger partial charge on any atom is -0.449 e. The Kier molecular flexibility index (Phi) is 6.71. The normalized spacial score (nSPS) is 13.7. The second-order valence-electron chi connectivity index (χ2n) is 8.76. The highest BCUT2D eigenvalue weighted by atomic mass is 16.6. The second kappa shape index (κ2) is 10.2. The van der Waals surface area contributed by atoms with E-state index in [2.05, 4.69) is 4.90 Å². The van der Waals surface area contributed by atoms with Crippen LogP contribution in [0.3, 0.4) is 0 Å². The molecule has 0 saturated carbocycles. The molecule has 1 aliphatic heterocycles. The number of carbonyl (C=O) groups excluding carboxylic acids is 2. The lowest BCUT2D eigenvalue weighted by Crippen LogP contribution is -2.49. The van der Waals surface area contributed by atoms with Crippen LogP contribution < -0.4 is 9.80 Å². The summed E-state index contributed by atoms with van der Waals surface area (Å²) in [7, 11) is 0. The summed E-state index contributed by atoms with van der Waals surface area (Å²) in [5, 5.41) is 1.77. The fourth-order valence-corrected chi connectivity index (χ4v) is 4.87. The average molecular weight is 483 g/mol. The van der Waals surface area contributed by atoms with Crippen molar-refractivity contribution < 1.29 is 14.3 Å². The number of hydrogen-bond donors (Lipinski definition) is 0. The second-order valence-corrected chi connectivity index (χ2v) is 8.76. The van der Waals surface area contributed by atoms with E-state index in [0.29, 0.717) is 39.3 Å². The zero-order valence-electron chi connectivity index (χ0n) is 20.7. The highest BCUT2D eigenvalue weighted by Crippen LogP contribution is 2.29. The van der Waals surface area contributed by atoms with Crippen molar-refractivity contribution in [2.24, 2.45) is 0 Å². The number of para-hydroxylation sites is 2. The largest absolute Gasteiger partial charge is 0.449 e. The van der Waals surface area contributed by atoms with Crippen LogP contribution in [0.5, 0.6) is 0 Å². The molecule has 5 rings (SSSR count). The van der Waals surface area contributed by atoms with E-state index in [4.69, 9.17) is 9.72 Å². The number of anilines is 2. The molecule has 0 spiro atoms. The Labute approximate surface area is 210 Å². The lowest BCUT2D eigenvalue weighted by Gasteiger charge is -2.36. The third-order valence-corrected chi connectivity index (χ3v) is 6.68. The molecule has 7 heteroatoms. The topological polar surface area (TPSA) is 66.0 Å². The molecular formula is C29H30N4O3. The van der Waals surface area contributed by atoms with Gasteiger partial charge in [0.25, 0.3) is 5.91 Å². The van der Waals surface area contributed by atoms with Crippen LogP contribution in [0.25, 0.3) is 21.8 Å². The Morgan fingerprint density at radius 3 is 2.11 bits per heavy atom. The minimum atomic E-state index is -0.343. The van der Waals surface area contributed by atoms with Gasteiger partial charge in [0.1, 0.15) is 0 Å². The first kappa shape index (κ1) is 23.6. The molecule has 4 aromatic rings. The van der Waals surface area contributed by atoms with Gasteiger partial charge in [-0.05, 0) is 44.2 Å². The van der Waals surface area contributed by atoms with Crippen molar-refractivity contribution in [1.82, 2.24) is 9.88 Å². The maximum atomic E-state index is 13.8. The van der Waals surface area contributed by atoms with Gasteiger partial charge < -0.3 is 14.5 Å². The Balaban J connectivity index is 1.36. The number of pyridine rings is 1. The number of rotatable bonds is 5. The minimum absolute atomic E-state index is 0.0395. The quantitative estimate of drug-likeness (QED) is 0.360. The molecule has 0 unspecified atom stereocenters. The number of ether oxygens (including phenoxy) is 1. The Hall–Kier alpha value is -4.13. The van der Waals surface area contributed by atoms with Gasteiger partial charge in [-0.1, -0.05) is 42.5 Å². The van der Waals surface area contributed by atoms with Crippen LogP contribution in [0.2, 0.25) is 0 Å². The van der Waals surface area contributed by atoms with E-state index >= 15 is 0 Å². The SMILES string of the molecule is CCOC(=O)N(CC)c1cccc(N2CCN(C(=O)c3c4ccccc4nc4ccccc34)CC2)c1. The maximum absolute atomic E-state index is 13.8. The summed E-state index contributed by atoms with van der Waals surface area (Å²) >= 11 is 0. The highest BCUT2D eigenvalue weighted by Gasteiger charge is 2.26. The smallest absolute Gasteiger partial charge is 0.414 e. The molecule has 2 amide bonds. The molecule has 36 heavy (non-hydrogen) atoms. The van der Waals surface area contributed by atoms with E-state index < -0.39 is 0 Å². The third kappa shape index (κ3) is 4.44. The molecule has 0 N–H and O–H groups in total. The molecule has 1 aromatic heterocycles. The van der Waals surface area contributed by atoms with Crippen molar-refractivity contribution in [3.05, 3.63) is 78.4 Å². The molecular weight excluding hydrogens is 452 g/mol. The van der Waals surface area contributed by atoms with Gasteiger partial charge in [-0.25, -0.2) is 9.78 Å². The number of aromatic nitrogens is 1. The molecule has 2 heterocycles. The van der Waals surface area contributed by atoms with Crippen LogP contribution in [0.1, 0.15) is 24.2 Å². The predicted octanol–water partition coefficient (Wildman–Crippen LogP) is 5.33. The summed E-state index contributed by atoms with van der Waals surface area (Å²) in [6.45, 7) is 7.25. The predicted molar refractivity (Wildman–Crippen MR) is 144 cm³/mol. The molecule has 1 aliphatic rings.